The molecule has 0 fully saturated rings. The van der Waals surface area contributed by atoms with Gasteiger partial charge in [-0.25, -0.2) is 0 Å². The van der Waals surface area contributed by atoms with Crippen LogP contribution in [0.4, 0.5) is 5.69 Å². The van der Waals surface area contributed by atoms with Gasteiger partial charge >= 0.3 is 0 Å². The van der Waals surface area contributed by atoms with E-state index in [-0.39, 0.29) is 5.41 Å². The van der Waals surface area contributed by atoms with E-state index in [0.717, 1.165) is 12.8 Å². The van der Waals surface area contributed by atoms with Gasteiger partial charge in [0.1, 0.15) is 0 Å². The van der Waals surface area contributed by atoms with Crippen molar-refractivity contribution in [1.82, 2.24) is 0 Å². The molecule has 0 saturated heterocycles. The second kappa shape index (κ2) is 9.67. The smallest absolute Gasteiger partial charge is 0.0458 e. The van der Waals surface area contributed by atoms with Crippen LogP contribution in [0.5, 0.6) is 0 Å². The first-order valence-electron chi connectivity index (χ1n) is 12.1. The highest BCUT2D eigenvalue weighted by atomic mass is 15.1. The van der Waals surface area contributed by atoms with Crippen LogP contribution in [0.2, 0.25) is 0 Å². The molecule has 0 bridgehead atoms. The van der Waals surface area contributed by atoms with Gasteiger partial charge < -0.3 is 4.90 Å². The Kier molecular flexibility index (Phi) is 6.70. The van der Waals surface area contributed by atoms with E-state index in [1.165, 1.54) is 43.9 Å². The van der Waals surface area contributed by atoms with Crippen LogP contribution in [0, 0.1) is 5.41 Å². The maximum absolute atomic E-state index is 2.40. The molecule has 3 aromatic carbocycles. The van der Waals surface area contributed by atoms with E-state index in [1.54, 1.807) is 0 Å². The van der Waals surface area contributed by atoms with Crippen molar-refractivity contribution in [2.24, 2.45) is 5.41 Å². The Morgan fingerprint density at radius 1 is 0.939 bits per heavy atom. The molecule has 168 valence electrons. The Morgan fingerprint density at radius 3 is 2.27 bits per heavy atom. The number of anilines is 1. The van der Waals surface area contributed by atoms with E-state index in [0.29, 0.717) is 0 Å². The summed E-state index contributed by atoms with van der Waals surface area (Å²) < 4.78 is 0. The number of hydrogen-bond donors (Lipinski definition) is 0. The van der Waals surface area contributed by atoms with E-state index in [1.807, 2.05) is 0 Å². The van der Waals surface area contributed by atoms with Crippen LogP contribution in [0.25, 0.3) is 22.5 Å². The minimum atomic E-state index is 0.0786. The Hall–Kier alpha value is -3.32. The van der Waals surface area contributed by atoms with Crippen molar-refractivity contribution in [1.29, 1.82) is 0 Å². The van der Waals surface area contributed by atoms with E-state index < -0.39 is 0 Å². The predicted octanol–water partition coefficient (Wildman–Crippen LogP) is 7.26. The third-order valence-electron chi connectivity index (χ3n) is 6.96. The maximum atomic E-state index is 2.40. The lowest BCUT2D eigenvalue weighted by molar-refractivity contribution is 0.531. The van der Waals surface area contributed by atoms with Gasteiger partial charge in [0.25, 0.3) is 0 Å². The second-order valence-electron chi connectivity index (χ2n) is 9.16. The van der Waals surface area contributed by atoms with Crippen molar-refractivity contribution in [2.75, 3.05) is 4.90 Å². The zero-order valence-corrected chi connectivity index (χ0v) is 20.6. The SMILES string of the molecule is C/C=c1/cc2ccccc2c/c1=C(/C)N(C1=CC=CC(C)(CC)C=C1)c1ccc(CC)cc1. The third kappa shape index (κ3) is 4.73. The summed E-state index contributed by atoms with van der Waals surface area (Å²) in [7, 11) is 0. The fourth-order valence-electron chi connectivity index (χ4n) is 4.49. The van der Waals surface area contributed by atoms with Gasteiger partial charge in [0.15, 0.2) is 0 Å². The van der Waals surface area contributed by atoms with Crippen molar-refractivity contribution in [3.05, 3.63) is 113 Å². The van der Waals surface area contributed by atoms with Crippen LogP contribution in [-0.4, -0.2) is 0 Å². The van der Waals surface area contributed by atoms with E-state index in [2.05, 4.69) is 137 Å². The van der Waals surface area contributed by atoms with Crippen molar-refractivity contribution in [2.45, 2.75) is 47.5 Å². The molecule has 1 aliphatic rings. The first-order valence-corrected chi connectivity index (χ1v) is 12.1. The van der Waals surface area contributed by atoms with E-state index >= 15 is 0 Å². The van der Waals surface area contributed by atoms with Crippen LogP contribution in [0.3, 0.4) is 0 Å². The first-order chi connectivity index (χ1) is 16.0. The molecule has 0 amide bonds. The van der Waals surface area contributed by atoms with Crippen molar-refractivity contribution < 1.29 is 0 Å². The molecule has 4 rings (SSSR count). The number of allylic oxidation sites excluding steroid dienone is 5. The molecule has 0 saturated carbocycles. The summed E-state index contributed by atoms with van der Waals surface area (Å²) >= 11 is 0. The molecule has 33 heavy (non-hydrogen) atoms. The summed E-state index contributed by atoms with van der Waals surface area (Å²) in [5.74, 6) is 0. The van der Waals surface area contributed by atoms with Crippen LogP contribution in [0.1, 0.15) is 46.6 Å². The maximum Gasteiger partial charge on any atom is 0.0458 e. The van der Waals surface area contributed by atoms with Crippen LogP contribution < -0.4 is 15.3 Å². The molecule has 1 aliphatic carbocycles. The molecule has 0 aliphatic heterocycles. The van der Waals surface area contributed by atoms with Gasteiger partial charge in [-0.15, -0.1) is 0 Å². The number of benzene rings is 3. The molecule has 1 atom stereocenters. The average molecular weight is 434 g/mol. The zero-order chi connectivity index (χ0) is 23.4. The highest BCUT2D eigenvalue weighted by Gasteiger charge is 2.19. The number of aryl methyl sites for hydroxylation is 1. The summed E-state index contributed by atoms with van der Waals surface area (Å²) in [5.41, 5.74) is 5.02. The molecule has 0 radical (unpaired) electrons. The molecule has 0 spiro atoms. The van der Waals surface area contributed by atoms with Crippen LogP contribution in [-0.2, 0) is 6.42 Å². The minimum Gasteiger partial charge on any atom is -0.314 e. The molecule has 1 unspecified atom stereocenters. The third-order valence-corrected chi connectivity index (χ3v) is 6.96. The topological polar surface area (TPSA) is 3.24 Å². The molecule has 3 aromatic rings. The lowest BCUT2D eigenvalue weighted by Gasteiger charge is -2.28. The summed E-state index contributed by atoms with van der Waals surface area (Å²) in [5, 5.41) is 5.06. The second-order valence-corrected chi connectivity index (χ2v) is 9.16. The number of nitrogens with zero attached hydrogens (tertiary/aromatic N) is 1. The van der Waals surface area contributed by atoms with Gasteiger partial charge in [-0.2, -0.15) is 0 Å². The van der Waals surface area contributed by atoms with Gasteiger partial charge in [-0.3, -0.25) is 0 Å². The Morgan fingerprint density at radius 2 is 1.64 bits per heavy atom. The van der Waals surface area contributed by atoms with Gasteiger partial charge in [0, 0.05) is 27.7 Å². The van der Waals surface area contributed by atoms with E-state index in [4.69, 9.17) is 0 Å². The largest absolute Gasteiger partial charge is 0.314 e. The number of rotatable bonds is 5. The van der Waals surface area contributed by atoms with Crippen LogP contribution in [0.15, 0.2) is 96.7 Å². The Bertz CT molecular complexity index is 1350. The normalized spacial score (nSPS) is 19.4. The first kappa shape index (κ1) is 22.9. The minimum absolute atomic E-state index is 0.0786. The van der Waals surface area contributed by atoms with Crippen molar-refractivity contribution in [3.8, 4) is 0 Å². The van der Waals surface area contributed by atoms with Gasteiger partial charge in [-0.05, 0) is 84.7 Å². The average Bonchev–Trinajstić information content (AvgIpc) is 3.05. The summed E-state index contributed by atoms with van der Waals surface area (Å²) in [6, 6.07) is 22.2. The fourth-order valence-corrected chi connectivity index (χ4v) is 4.49. The summed E-state index contributed by atoms with van der Waals surface area (Å²) in [6.45, 7) is 11.1. The number of hydrogen-bond acceptors (Lipinski definition) is 1. The standard InChI is InChI=1S/C32H35N/c1-6-25-15-17-30(18-16-25)33(29-14-11-20-32(5,8-3)21-19-29)24(4)31-23-28-13-10-9-12-27(28)22-26(31)7-2/h7,9-23H,6,8H2,1-5H3/b26-7-,31-24+. The number of fused-ring (bicyclic) bond motifs is 1. The van der Waals surface area contributed by atoms with E-state index in [9.17, 15) is 0 Å². The van der Waals surface area contributed by atoms with Gasteiger partial charge in [0.05, 0.1) is 0 Å². The van der Waals surface area contributed by atoms with Crippen molar-refractivity contribution >= 4 is 28.2 Å². The Balaban J connectivity index is 1.97. The van der Waals surface area contributed by atoms with Gasteiger partial charge in [0.2, 0.25) is 0 Å². The van der Waals surface area contributed by atoms with Crippen molar-refractivity contribution in [3.63, 3.8) is 0 Å². The molecular formula is C32H35N. The molecule has 1 nitrogen and oxygen atoms in total. The molecule has 1 heteroatoms. The quantitative estimate of drug-likeness (QED) is 0.409. The molecular weight excluding hydrogens is 398 g/mol. The summed E-state index contributed by atoms with van der Waals surface area (Å²) in [6.07, 6.45) is 15.7. The predicted molar refractivity (Wildman–Crippen MR) is 145 cm³/mol. The molecule has 0 N–H and O–H groups in total. The molecule has 0 heterocycles. The lowest BCUT2D eigenvalue weighted by atomic mass is 9.87. The monoisotopic (exact) mass is 433 g/mol. The lowest BCUT2D eigenvalue weighted by Crippen LogP contribution is -2.33. The van der Waals surface area contributed by atoms with Gasteiger partial charge in [-0.1, -0.05) is 81.5 Å². The Labute approximate surface area is 198 Å². The summed E-state index contributed by atoms with van der Waals surface area (Å²) in [4.78, 5) is 2.40. The fraction of sp³-hybridized carbons (Fsp3) is 0.250. The molecule has 0 aromatic heterocycles. The zero-order valence-electron chi connectivity index (χ0n) is 20.6. The highest BCUT2D eigenvalue weighted by Crippen LogP contribution is 2.32. The van der Waals surface area contributed by atoms with Crippen LogP contribution >= 0.6 is 0 Å². The highest BCUT2D eigenvalue weighted by molar-refractivity contribution is 5.84.